The predicted octanol–water partition coefficient (Wildman–Crippen LogP) is 1.75. The Bertz CT molecular complexity index is 395. The van der Waals surface area contributed by atoms with E-state index in [2.05, 4.69) is 17.1 Å². The van der Waals surface area contributed by atoms with Gasteiger partial charge in [-0.25, -0.2) is 9.79 Å². The summed E-state index contributed by atoms with van der Waals surface area (Å²) in [5, 5.41) is 0. The smallest absolute Gasteiger partial charge is 0.211 e. The van der Waals surface area contributed by atoms with Crippen LogP contribution >= 0.6 is 8.25 Å². The Balaban J connectivity index is 0.000000557. The largest absolute Gasteiger partial charge is 0.692 e. The Hall–Kier alpha value is -1.64. The fourth-order valence-electron chi connectivity index (χ4n) is 0.998. The molecule has 0 bridgehead atoms. The third kappa shape index (κ3) is 12.3. The first-order chi connectivity index (χ1) is 8.16. The Morgan fingerprint density at radius 2 is 1.82 bits per heavy atom. The van der Waals surface area contributed by atoms with Gasteiger partial charge in [0.05, 0.1) is 6.54 Å². The molecule has 1 aromatic carbocycles. The molecule has 2 N–H and O–H groups in total. The molecule has 0 fully saturated rings. The number of benzene rings is 1. The second-order valence-electron chi connectivity index (χ2n) is 2.85. The molecule has 0 atom stereocenters. The quantitative estimate of drug-likeness (QED) is 0.371. The summed E-state index contributed by atoms with van der Waals surface area (Å²) in [6, 6.07) is 10.1. The fourth-order valence-corrected chi connectivity index (χ4v) is 0.998. The molecule has 0 saturated carbocycles. The molecular weight excluding hydrogens is 241 g/mol. The van der Waals surface area contributed by atoms with Gasteiger partial charge in [-0.2, -0.15) is 0 Å². The van der Waals surface area contributed by atoms with Crippen molar-refractivity contribution in [2.45, 2.75) is 6.42 Å². The van der Waals surface area contributed by atoms with E-state index in [-0.39, 0.29) is 0 Å². The van der Waals surface area contributed by atoms with Gasteiger partial charge in [-0.3, -0.25) is 0 Å². The van der Waals surface area contributed by atoms with Crippen LogP contribution < -0.4 is 0 Å². The van der Waals surface area contributed by atoms with Crippen molar-refractivity contribution in [3.8, 4) is 0 Å². The van der Waals surface area contributed by atoms with Crippen LogP contribution in [0.2, 0.25) is 0 Å². The van der Waals surface area contributed by atoms with E-state index < -0.39 is 8.25 Å². The highest BCUT2D eigenvalue weighted by molar-refractivity contribution is 7.30. The molecule has 17 heavy (non-hydrogen) atoms. The number of isocyanates is 1. The van der Waals surface area contributed by atoms with Gasteiger partial charge in [-0.1, -0.05) is 42.5 Å². The van der Waals surface area contributed by atoms with Crippen LogP contribution in [0.5, 0.6) is 0 Å². The molecule has 5 nitrogen and oxygen atoms in total. The monoisotopic (exact) mass is 254 g/mol. The highest BCUT2D eigenvalue weighted by Gasteiger charge is 1.93. The average molecular weight is 254 g/mol. The van der Waals surface area contributed by atoms with Gasteiger partial charge in [-0.15, -0.1) is 9.79 Å². The van der Waals surface area contributed by atoms with Crippen molar-refractivity contribution in [3.63, 3.8) is 0 Å². The van der Waals surface area contributed by atoms with Crippen LogP contribution in [0, 0.1) is 0 Å². The minimum Gasteiger partial charge on any atom is -0.211 e. The maximum absolute atomic E-state index is 9.71. The summed E-state index contributed by atoms with van der Waals surface area (Å²) in [6.07, 6.45) is 6.23. The molecule has 1 rings (SSSR count). The molecule has 0 amide bonds. The molecule has 0 unspecified atom stereocenters. The van der Waals surface area contributed by atoms with Crippen molar-refractivity contribution in [1.82, 2.24) is 0 Å². The lowest BCUT2D eigenvalue weighted by Gasteiger charge is -1.92. The second-order valence-corrected chi connectivity index (χ2v) is 3.35. The summed E-state index contributed by atoms with van der Waals surface area (Å²) < 4.78 is 8.70. The number of hydrogen-bond donors (Lipinski definition) is 2. The van der Waals surface area contributed by atoms with E-state index in [0.29, 0.717) is 6.54 Å². The number of carbonyl (C=O) groups excluding carboxylic acids is 1. The Labute approximate surface area is 100 Å². The first kappa shape index (κ1) is 15.4. The molecular formula is C11H13NO4P+. The molecule has 0 aliphatic heterocycles. The van der Waals surface area contributed by atoms with Crippen molar-refractivity contribution in [1.29, 1.82) is 0 Å². The Morgan fingerprint density at radius 1 is 1.24 bits per heavy atom. The molecule has 0 radical (unpaired) electrons. The average Bonchev–Trinajstić information content (AvgIpc) is 2.29. The van der Waals surface area contributed by atoms with E-state index >= 15 is 0 Å². The van der Waals surface area contributed by atoms with Crippen molar-refractivity contribution in [2.75, 3.05) is 6.54 Å². The van der Waals surface area contributed by atoms with E-state index in [1.54, 1.807) is 0 Å². The summed E-state index contributed by atoms with van der Waals surface area (Å²) in [5.74, 6) is 0. The Morgan fingerprint density at radius 3 is 2.35 bits per heavy atom. The van der Waals surface area contributed by atoms with Gasteiger partial charge in [-0.05, 0) is 12.0 Å². The lowest BCUT2D eigenvalue weighted by molar-refractivity contribution is 0.405. The van der Waals surface area contributed by atoms with Crippen LogP contribution in [-0.2, 0) is 15.8 Å². The van der Waals surface area contributed by atoms with Crippen LogP contribution in [0.4, 0.5) is 0 Å². The SMILES string of the molecule is O=C=NCC=CCc1ccccc1.O=[P+](O)O. The third-order valence-electron chi connectivity index (χ3n) is 1.62. The molecule has 0 aromatic heterocycles. The zero-order chi connectivity index (χ0) is 12.9. The van der Waals surface area contributed by atoms with Gasteiger partial charge >= 0.3 is 8.25 Å². The zero-order valence-corrected chi connectivity index (χ0v) is 9.96. The highest BCUT2D eigenvalue weighted by atomic mass is 31.1. The lowest BCUT2D eigenvalue weighted by atomic mass is 10.1. The maximum atomic E-state index is 9.71. The van der Waals surface area contributed by atoms with E-state index in [1.165, 1.54) is 11.6 Å². The normalized spacial score (nSPS) is 9.06. The Kier molecular flexibility index (Phi) is 9.82. The first-order valence-electron chi connectivity index (χ1n) is 4.74. The number of aliphatic imine (C=N–C) groups is 1. The summed E-state index contributed by atoms with van der Waals surface area (Å²) in [5.41, 5.74) is 1.26. The maximum Gasteiger partial charge on any atom is 0.692 e. The van der Waals surface area contributed by atoms with E-state index in [0.717, 1.165) is 6.42 Å². The van der Waals surface area contributed by atoms with Crippen molar-refractivity contribution < 1.29 is 19.1 Å². The van der Waals surface area contributed by atoms with Gasteiger partial charge < -0.3 is 0 Å². The van der Waals surface area contributed by atoms with Gasteiger partial charge in [0, 0.05) is 4.57 Å². The predicted molar refractivity (Wildman–Crippen MR) is 64.3 cm³/mol. The fraction of sp³-hybridized carbons (Fsp3) is 0.182. The lowest BCUT2D eigenvalue weighted by Crippen LogP contribution is -1.79. The second kappa shape index (κ2) is 10.9. The molecule has 0 aliphatic rings. The molecule has 6 heteroatoms. The summed E-state index contributed by atoms with van der Waals surface area (Å²) in [6.45, 7) is 0.427. The van der Waals surface area contributed by atoms with Crippen LogP contribution in [0.3, 0.4) is 0 Å². The first-order valence-corrected chi connectivity index (χ1v) is 5.91. The molecule has 0 aliphatic carbocycles. The van der Waals surface area contributed by atoms with Crippen molar-refractivity contribution >= 4 is 14.3 Å². The van der Waals surface area contributed by atoms with Crippen LogP contribution in [-0.4, -0.2) is 22.4 Å². The standard InChI is InChI=1S/C11H11NO.HO3P/c13-10-12-9-5-4-8-11-6-2-1-3-7-11;1-4(2)3/h1-7H,8-9H2;(H-,1,2,3)/p+1. The zero-order valence-electron chi connectivity index (χ0n) is 9.06. The van der Waals surface area contributed by atoms with Gasteiger partial charge in [0.15, 0.2) is 0 Å². The summed E-state index contributed by atoms with van der Waals surface area (Å²) in [7, 11) is -2.87. The molecule has 0 spiro atoms. The molecule has 1 aromatic rings. The molecule has 0 heterocycles. The molecule has 0 saturated heterocycles. The van der Waals surface area contributed by atoms with E-state index in [4.69, 9.17) is 14.4 Å². The van der Waals surface area contributed by atoms with Gasteiger partial charge in [0.2, 0.25) is 6.08 Å². The van der Waals surface area contributed by atoms with Crippen molar-refractivity contribution in [2.24, 2.45) is 4.99 Å². The van der Waals surface area contributed by atoms with Crippen LogP contribution in [0.15, 0.2) is 47.5 Å². The van der Waals surface area contributed by atoms with Gasteiger partial charge in [0.1, 0.15) is 0 Å². The molecule has 90 valence electrons. The summed E-state index contributed by atoms with van der Waals surface area (Å²) >= 11 is 0. The van der Waals surface area contributed by atoms with E-state index in [9.17, 15) is 4.79 Å². The number of hydrogen-bond acceptors (Lipinski definition) is 3. The number of nitrogens with zero attached hydrogens (tertiary/aromatic N) is 1. The number of allylic oxidation sites excluding steroid dienone is 1. The minimum atomic E-state index is -2.87. The van der Waals surface area contributed by atoms with E-state index in [1.807, 2.05) is 30.4 Å². The topological polar surface area (TPSA) is 87.0 Å². The van der Waals surface area contributed by atoms with Crippen LogP contribution in [0.25, 0.3) is 0 Å². The van der Waals surface area contributed by atoms with Crippen molar-refractivity contribution in [3.05, 3.63) is 48.0 Å². The van der Waals surface area contributed by atoms with Crippen LogP contribution in [0.1, 0.15) is 5.56 Å². The minimum absolute atomic E-state index is 0.427. The summed E-state index contributed by atoms with van der Waals surface area (Å²) in [4.78, 5) is 27.4. The van der Waals surface area contributed by atoms with Gasteiger partial charge in [0.25, 0.3) is 0 Å². The highest BCUT2D eigenvalue weighted by Crippen LogP contribution is 1.99. The third-order valence-corrected chi connectivity index (χ3v) is 1.62. The number of rotatable bonds is 4.